The summed E-state index contributed by atoms with van der Waals surface area (Å²) in [5.41, 5.74) is 1.28. The number of thiazole rings is 1. The van der Waals surface area contributed by atoms with Gasteiger partial charge in [0.2, 0.25) is 0 Å². The minimum atomic E-state index is -3.94. The molecule has 6 nitrogen and oxygen atoms in total. The number of carbonyl (C=O) groups excluding carboxylic acids is 1. The summed E-state index contributed by atoms with van der Waals surface area (Å²) >= 11 is 1.04. The van der Waals surface area contributed by atoms with Crippen molar-refractivity contribution in [3.63, 3.8) is 0 Å². The van der Waals surface area contributed by atoms with Crippen molar-refractivity contribution in [3.8, 4) is 5.75 Å². The van der Waals surface area contributed by atoms with Gasteiger partial charge in [-0.2, -0.15) is 0 Å². The standard InChI is InChI=1S/C15H16N2O4S2/c1-8-11-6-4-5-7-12(11)21-13(8)14(18)17-23(19,20)15-9(2)16-10(3)22-15/h4-8,13H,1-3H3,(H,17,18)/t8-,13-/m1/s1. The van der Waals surface area contributed by atoms with E-state index in [0.29, 0.717) is 16.5 Å². The van der Waals surface area contributed by atoms with Crippen molar-refractivity contribution >= 4 is 27.3 Å². The average molecular weight is 352 g/mol. The zero-order valence-electron chi connectivity index (χ0n) is 12.9. The van der Waals surface area contributed by atoms with Crippen LogP contribution in [0.3, 0.4) is 0 Å². The molecule has 0 bridgehead atoms. The minimum absolute atomic E-state index is 0.0616. The number of fused-ring (bicyclic) bond motifs is 1. The SMILES string of the molecule is Cc1nc(C)c(S(=O)(=O)NC(=O)[C@@H]2Oc3ccccc3[C@H]2C)s1. The molecule has 2 atom stereocenters. The van der Waals surface area contributed by atoms with Crippen molar-refractivity contribution in [2.75, 3.05) is 0 Å². The Labute approximate surface area is 138 Å². The molecule has 2 heterocycles. The van der Waals surface area contributed by atoms with Crippen molar-refractivity contribution in [2.45, 2.75) is 37.0 Å². The molecule has 23 heavy (non-hydrogen) atoms. The summed E-state index contributed by atoms with van der Waals surface area (Å²) in [5.74, 6) is -0.271. The van der Waals surface area contributed by atoms with Crippen molar-refractivity contribution in [1.82, 2.24) is 9.71 Å². The van der Waals surface area contributed by atoms with Crippen LogP contribution in [-0.4, -0.2) is 25.4 Å². The normalized spacial score (nSPS) is 20.0. The fourth-order valence-electron chi connectivity index (χ4n) is 2.65. The lowest BCUT2D eigenvalue weighted by atomic mass is 9.97. The lowest BCUT2D eigenvalue weighted by Crippen LogP contribution is -2.41. The quantitative estimate of drug-likeness (QED) is 0.915. The number of nitrogens with zero attached hydrogens (tertiary/aromatic N) is 1. The summed E-state index contributed by atoms with van der Waals surface area (Å²) < 4.78 is 32.6. The highest BCUT2D eigenvalue weighted by molar-refractivity contribution is 7.92. The van der Waals surface area contributed by atoms with Gasteiger partial charge in [0.1, 0.15) is 5.75 Å². The van der Waals surface area contributed by atoms with Crippen LogP contribution in [0.2, 0.25) is 0 Å². The van der Waals surface area contributed by atoms with Gasteiger partial charge >= 0.3 is 0 Å². The molecule has 1 aliphatic heterocycles. The molecule has 0 spiro atoms. The van der Waals surface area contributed by atoms with Crippen molar-refractivity contribution in [2.24, 2.45) is 0 Å². The van der Waals surface area contributed by atoms with Crippen LogP contribution >= 0.6 is 11.3 Å². The van der Waals surface area contributed by atoms with Crippen LogP contribution in [0.5, 0.6) is 5.75 Å². The second-order valence-electron chi connectivity index (χ2n) is 5.44. The summed E-state index contributed by atoms with van der Waals surface area (Å²) in [4.78, 5) is 16.5. The van der Waals surface area contributed by atoms with Gasteiger partial charge in [-0.1, -0.05) is 25.1 Å². The van der Waals surface area contributed by atoms with Crippen molar-refractivity contribution in [3.05, 3.63) is 40.5 Å². The lowest BCUT2D eigenvalue weighted by molar-refractivity contribution is -0.126. The predicted octanol–water partition coefficient (Wildman–Crippen LogP) is 2.13. The van der Waals surface area contributed by atoms with Gasteiger partial charge in [-0.05, 0) is 19.9 Å². The van der Waals surface area contributed by atoms with E-state index in [4.69, 9.17) is 4.74 Å². The van der Waals surface area contributed by atoms with Crippen LogP contribution in [-0.2, 0) is 14.8 Å². The first-order valence-corrected chi connectivity index (χ1v) is 9.36. The largest absolute Gasteiger partial charge is 0.480 e. The molecule has 1 N–H and O–H groups in total. The van der Waals surface area contributed by atoms with Gasteiger partial charge in [-0.15, -0.1) is 11.3 Å². The Bertz CT molecular complexity index is 873. The van der Waals surface area contributed by atoms with E-state index in [2.05, 4.69) is 9.71 Å². The van der Waals surface area contributed by atoms with Crippen LogP contribution in [0.4, 0.5) is 0 Å². The van der Waals surface area contributed by atoms with Crippen molar-refractivity contribution < 1.29 is 17.9 Å². The smallest absolute Gasteiger partial charge is 0.275 e. The second kappa shape index (κ2) is 5.61. The number of amides is 1. The molecule has 122 valence electrons. The Balaban J connectivity index is 1.82. The van der Waals surface area contributed by atoms with E-state index in [0.717, 1.165) is 16.9 Å². The van der Waals surface area contributed by atoms with Gasteiger partial charge in [0.25, 0.3) is 15.9 Å². The molecule has 8 heteroatoms. The maximum Gasteiger partial charge on any atom is 0.275 e. The first kappa shape index (κ1) is 15.9. The minimum Gasteiger partial charge on any atom is -0.480 e. The number of aryl methyl sites for hydroxylation is 2. The molecule has 0 unspecified atom stereocenters. The molecule has 0 radical (unpaired) electrons. The maximum atomic E-state index is 12.4. The molecule has 0 saturated carbocycles. The Morgan fingerprint density at radius 1 is 1.30 bits per heavy atom. The number of hydrogen-bond acceptors (Lipinski definition) is 6. The summed E-state index contributed by atoms with van der Waals surface area (Å²) in [6, 6.07) is 7.31. The number of hydrogen-bond donors (Lipinski definition) is 1. The van der Waals surface area contributed by atoms with Crippen LogP contribution in [0.15, 0.2) is 28.5 Å². The zero-order valence-corrected chi connectivity index (χ0v) is 14.5. The molecule has 1 aromatic heterocycles. The maximum absolute atomic E-state index is 12.4. The third kappa shape index (κ3) is 2.84. The monoisotopic (exact) mass is 352 g/mol. The van der Waals surface area contributed by atoms with Crippen molar-refractivity contribution in [1.29, 1.82) is 0 Å². The molecule has 1 aliphatic rings. The van der Waals surface area contributed by atoms with Crippen LogP contribution in [0.25, 0.3) is 0 Å². The van der Waals surface area contributed by atoms with Gasteiger partial charge in [0, 0.05) is 11.5 Å². The number of aromatic nitrogens is 1. The first-order valence-electron chi connectivity index (χ1n) is 7.06. The highest BCUT2D eigenvalue weighted by Crippen LogP contribution is 2.37. The Morgan fingerprint density at radius 3 is 2.61 bits per heavy atom. The molecular weight excluding hydrogens is 336 g/mol. The van der Waals surface area contributed by atoms with Gasteiger partial charge in [0.05, 0.1) is 10.7 Å². The van der Waals surface area contributed by atoms with Crippen LogP contribution < -0.4 is 9.46 Å². The number of benzene rings is 1. The lowest BCUT2D eigenvalue weighted by Gasteiger charge is -2.15. The predicted molar refractivity (Wildman–Crippen MR) is 86.2 cm³/mol. The Morgan fingerprint density at radius 2 is 2.00 bits per heavy atom. The molecule has 0 fully saturated rings. The van der Waals surface area contributed by atoms with Gasteiger partial charge < -0.3 is 4.74 Å². The molecule has 0 aliphatic carbocycles. The number of carbonyl (C=O) groups is 1. The molecule has 1 amide bonds. The Hall–Kier alpha value is -1.93. The first-order chi connectivity index (χ1) is 10.8. The number of rotatable bonds is 3. The summed E-state index contributed by atoms with van der Waals surface area (Å²) in [7, 11) is -3.94. The highest BCUT2D eigenvalue weighted by atomic mass is 32.2. The topological polar surface area (TPSA) is 85.4 Å². The van der Waals surface area contributed by atoms with E-state index in [1.165, 1.54) is 0 Å². The summed E-state index contributed by atoms with van der Waals surface area (Å²) in [6.07, 6.45) is -0.864. The molecule has 3 rings (SSSR count). The molecule has 0 saturated heterocycles. The van der Waals surface area contributed by atoms with Gasteiger partial charge in [-0.25, -0.2) is 18.1 Å². The fourth-order valence-corrected chi connectivity index (χ4v) is 5.12. The third-order valence-electron chi connectivity index (χ3n) is 3.72. The number of sulfonamides is 1. The highest BCUT2D eigenvalue weighted by Gasteiger charge is 2.38. The van der Waals surface area contributed by atoms with Gasteiger partial charge in [-0.3, -0.25) is 4.79 Å². The number of para-hydroxylation sites is 1. The average Bonchev–Trinajstić information content (AvgIpc) is 2.99. The van der Waals surface area contributed by atoms with E-state index < -0.39 is 22.0 Å². The van der Waals surface area contributed by atoms with E-state index in [1.54, 1.807) is 19.9 Å². The molecule has 1 aromatic carbocycles. The number of ether oxygens (including phenoxy) is 1. The fraction of sp³-hybridized carbons (Fsp3) is 0.333. The van der Waals surface area contributed by atoms with Gasteiger partial charge in [0.15, 0.2) is 10.3 Å². The van der Waals surface area contributed by atoms with E-state index in [9.17, 15) is 13.2 Å². The number of nitrogens with one attached hydrogen (secondary N) is 1. The molecule has 2 aromatic rings. The second-order valence-corrected chi connectivity index (χ2v) is 8.52. The van der Waals surface area contributed by atoms with E-state index in [-0.39, 0.29) is 10.1 Å². The summed E-state index contributed by atoms with van der Waals surface area (Å²) in [5, 5.41) is 0.633. The third-order valence-corrected chi connectivity index (χ3v) is 6.75. The zero-order chi connectivity index (χ0) is 16.8. The van der Waals surface area contributed by atoms with E-state index >= 15 is 0 Å². The summed E-state index contributed by atoms with van der Waals surface area (Å²) in [6.45, 7) is 5.16. The Kier molecular flexibility index (Phi) is 3.89. The van der Waals surface area contributed by atoms with Crippen LogP contribution in [0.1, 0.15) is 29.1 Å². The van der Waals surface area contributed by atoms with Crippen LogP contribution in [0, 0.1) is 13.8 Å². The van der Waals surface area contributed by atoms with E-state index in [1.807, 2.05) is 25.1 Å². The molecular formula is C15H16N2O4S2.